The third-order valence-corrected chi connectivity index (χ3v) is 7.08. The molecule has 0 bridgehead atoms. The lowest BCUT2D eigenvalue weighted by atomic mass is 9.89. The normalized spacial score (nSPS) is 27.8. The summed E-state index contributed by atoms with van der Waals surface area (Å²) in [6, 6.07) is 5.80. The molecule has 1 aromatic rings. The van der Waals surface area contributed by atoms with Crippen molar-refractivity contribution in [1.29, 1.82) is 0 Å². The summed E-state index contributed by atoms with van der Waals surface area (Å²) in [6.07, 6.45) is 2.32. The van der Waals surface area contributed by atoms with Gasteiger partial charge in [0.1, 0.15) is 11.4 Å². The van der Waals surface area contributed by atoms with E-state index in [2.05, 4.69) is 10.3 Å². The summed E-state index contributed by atoms with van der Waals surface area (Å²) in [4.78, 5) is 32.5. The van der Waals surface area contributed by atoms with Gasteiger partial charge in [-0.25, -0.2) is 4.99 Å². The summed E-state index contributed by atoms with van der Waals surface area (Å²) in [5.41, 5.74) is 7.50. The quantitative estimate of drug-likeness (QED) is 0.637. The van der Waals surface area contributed by atoms with E-state index in [9.17, 15) is 9.59 Å². The van der Waals surface area contributed by atoms with Crippen molar-refractivity contribution in [2.45, 2.75) is 83.5 Å². The summed E-state index contributed by atoms with van der Waals surface area (Å²) in [7, 11) is 1.64. The zero-order valence-electron chi connectivity index (χ0n) is 21.2. The molecule has 1 unspecified atom stereocenters. The van der Waals surface area contributed by atoms with Crippen LogP contribution in [0.2, 0.25) is 0 Å². The fourth-order valence-electron chi connectivity index (χ4n) is 5.42. The van der Waals surface area contributed by atoms with Crippen LogP contribution in [-0.2, 0) is 14.3 Å². The molecule has 1 saturated carbocycles. The molecule has 34 heavy (non-hydrogen) atoms. The first kappa shape index (κ1) is 24.5. The predicted octanol–water partition coefficient (Wildman–Crippen LogP) is 3.08. The summed E-state index contributed by atoms with van der Waals surface area (Å²) >= 11 is 0. The van der Waals surface area contributed by atoms with E-state index in [-0.39, 0.29) is 47.3 Å². The number of aliphatic imine (C=N–C) groups is 1. The molecule has 4 rings (SSSR count). The number of benzene rings is 1. The van der Waals surface area contributed by atoms with Crippen molar-refractivity contribution in [1.82, 2.24) is 10.2 Å². The van der Waals surface area contributed by atoms with Crippen molar-refractivity contribution in [3.63, 3.8) is 0 Å². The van der Waals surface area contributed by atoms with Gasteiger partial charge in [0.05, 0.1) is 18.0 Å². The van der Waals surface area contributed by atoms with Crippen LogP contribution in [0, 0.1) is 18.8 Å². The predicted molar refractivity (Wildman–Crippen MR) is 130 cm³/mol. The van der Waals surface area contributed by atoms with Crippen LogP contribution < -0.4 is 15.8 Å². The Labute approximate surface area is 202 Å². The molecular formula is C26H38N4O4. The molecule has 3 aliphatic rings. The summed E-state index contributed by atoms with van der Waals surface area (Å²) in [6.45, 7) is 10.4. The van der Waals surface area contributed by atoms with Gasteiger partial charge in [0.2, 0.25) is 11.8 Å². The Morgan fingerprint density at radius 2 is 2.09 bits per heavy atom. The minimum Gasteiger partial charge on any atom is -0.487 e. The average molecular weight is 471 g/mol. The van der Waals surface area contributed by atoms with E-state index in [4.69, 9.17) is 15.2 Å². The summed E-state index contributed by atoms with van der Waals surface area (Å²) < 4.78 is 11.5. The molecule has 8 heteroatoms. The summed E-state index contributed by atoms with van der Waals surface area (Å²) in [5, 5.41) is 3.28. The Morgan fingerprint density at radius 1 is 1.35 bits per heavy atom. The zero-order chi connectivity index (χ0) is 24.8. The topological polar surface area (TPSA) is 106 Å². The van der Waals surface area contributed by atoms with Crippen molar-refractivity contribution in [3.8, 4) is 5.75 Å². The van der Waals surface area contributed by atoms with E-state index in [1.807, 2.05) is 52.8 Å². The van der Waals surface area contributed by atoms with Crippen molar-refractivity contribution < 1.29 is 19.1 Å². The molecule has 1 fully saturated rings. The lowest BCUT2D eigenvalue weighted by molar-refractivity contribution is -0.132. The van der Waals surface area contributed by atoms with Gasteiger partial charge < -0.3 is 20.5 Å². The molecule has 2 aliphatic heterocycles. The molecule has 1 aliphatic carbocycles. The highest BCUT2D eigenvalue weighted by molar-refractivity contribution is 5.99. The third kappa shape index (κ3) is 5.06. The fraction of sp³-hybridized carbons (Fsp3) is 0.654. The standard InChI is InChI=1S/C26H38N4O4/c1-15-7-8-16-19(13-26(4,5)34-21(16)11-15)28-23(32)18-12-17(18)20(9-10-33-6)30-22(31)14-25(2,3)29-24(30)27/h7-8,11,17-20H,9-10,12-14H2,1-6H3,(H2,27,29)(H,28,32)/t17-,18?,19-,20+/m0/s1. The van der Waals surface area contributed by atoms with Crippen molar-refractivity contribution in [2.24, 2.45) is 22.6 Å². The number of amides is 2. The van der Waals surface area contributed by atoms with Crippen LogP contribution in [0.25, 0.3) is 0 Å². The van der Waals surface area contributed by atoms with Crippen molar-refractivity contribution in [2.75, 3.05) is 13.7 Å². The van der Waals surface area contributed by atoms with Crippen LogP contribution in [0.3, 0.4) is 0 Å². The number of aryl methyl sites for hydroxylation is 1. The van der Waals surface area contributed by atoms with Crippen LogP contribution in [-0.4, -0.2) is 53.6 Å². The van der Waals surface area contributed by atoms with Crippen molar-refractivity contribution >= 4 is 17.8 Å². The number of carbonyl (C=O) groups excluding carboxylic acids is 2. The Kier molecular flexibility index (Phi) is 6.40. The molecule has 0 radical (unpaired) electrons. The second-order valence-corrected chi connectivity index (χ2v) is 11.2. The highest BCUT2D eigenvalue weighted by Crippen LogP contribution is 2.47. The van der Waals surface area contributed by atoms with Crippen LogP contribution in [0.4, 0.5) is 0 Å². The molecule has 186 valence electrons. The number of ether oxygens (including phenoxy) is 2. The van der Waals surface area contributed by atoms with Gasteiger partial charge in [0, 0.05) is 37.7 Å². The Hall–Kier alpha value is -2.61. The van der Waals surface area contributed by atoms with Crippen LogP contribution in [0.15, 0.2) is 23.2 Å². The molecule has 0 spiro atoms. The Balaban J connectivity index is 1.50. The maximum atomic E-state index is 13.4. The second-order valence-electron chi connectivity index (χ2n) is 11.2. The molecule has 2 amide bonds. The first-order valence-electron chi connectivity index (χ1n) is 12.2. The van der Waals surface area contributed by atoms with Gasteiger partial charge in [0.15, 0.2) is 5.96 Å². The van der Waals surface area contributed by atoms with E-state index >= 15 is 0 Å². The van der Waals surface area contributed by atoms with E-state index in [1.165, 1.54) is 0 Å². The van der Waals surface area contributed by atoms with E-state index in [1.54, 1.807) is 12.0 Å². The van der Waals surface area contributed by atoms with Gasteiger partial charge in [-0.2, -0.15) is 0 Å². The van der Waals surface area contributed by atoms with Crippen LogP contribution in [0.5, 0.6) is 5.75 Å². The number of nitrogens with zero attached hydrogens (tertiary/aromatic N) is 2. The smallest absolute Gasteiger partial charge is 0.231 e. The highest BCUT2D eigenvalue weighted by Gasteiger charge is 2.52. The van der Waals surface area contributed by atoms with E-state index < -0.39 is 5.54 Å². The largest absolute Gasteiger partial charge is 0.487 e. The summed E-state index contributed by atoms with van der Waals surface area (Å²) in [5.74, 6) is 0.903. The molecular weight excluding hydrogens is 432 g/mol. The van der Waals surface area contributed by atoms with Gasteiger partial charge >= 0.3 is 0 Å². The molecule has 3 N–H and O–H groups in total. The van der Waals surface area contributed by atoms with Crippen LogP contribution in [0.1, 0.15) is 70.5 Å². The number of hydrogen-bond donors (Lipinski definition) is 2. The molecule has 8 nitrogen and oxygen atoms in total. The monoisotopic (exact) mass is 470 g/mol. The number of nitrogens with one attached hydrogen (secondary N) is 1. The Morgan fingerprint density at radius 3 is 2.76 bits per heavy atom. The average Bonchev–Trinajstić information content (AvgIpc) is 3.48. The molecule has 0 aromatic heterocycles. The minimum atomic E-state index is -0.509. The van der Waals surface area contributed by atoms with E-state index in [0.29, 0.717) is 32.3 Å². The minimum absolute atomic E-state index is 0.0157. The lowest BCUT2D eigenvalue weighted by Gasteiger charge is -2.39. The molecule has 0 saturated heterocycles. The number of methoxy groups -OCH3 is 1. The maximum Gasteiger partial charge on any atom is 0.231 e. The lowest BCUT2D eigenvalue weighted by Crippen LogP contribution is -2.55. The molecule has 1 aromatic carbocycles. The van der Waals surface area contributed by atoms with Crippen LogP contribution >= 0.6 is 0 Å². The number of guanidine groups is 1. The number of fused-ring (bicyclic) bond motifs is 1. The van der Waals surface area contributed by atoms with Gasteiger partial charge in [-0.05, 0) is 65.0 Å². The number of carbonyl (C=O) groups is 2. The van der Waals surface area contributed by atoms with Gasteiger partial charge in [0.25, 0.3) is 0 Å². The van der Waals surface area contributed by atoms with E-state index in [0.717, 1.165) is 16.9 Å². The first-order chi connectivity index (χ1) is 15.9. The SMILES string of the molecule is COCC[C@H]([C@H]1CC1C(=O)N[C@H]1CC(C)(C)Oc2cc(C)ccc21)N1C(=O)CC(C)(C)N=C1N. The number of rotatable bonds is 7. The highest BCUT2D eigenvalue weighted by atomic mass is 16.5. The second kappa shape index (κ2) is 8.87. The maximum absolute atomic E-state index is 13.4. The first-order valence-corrected chi connectivity index (χ1v) is 12.2. The van der Waals surface area contributed by atoms with Gasteiger partial charge in [-0.1, -0.05) is 12.1 Å². The van der Waals surface area contributed by atoms with Crippen molar-refractivity contribution in [3.05, 3.63) is 29.3 Å². The Bertz CT molecular complexity index is 1000. The fourth-order valence-corrected chi connectivity index (χ4v) is 5.42. The van der Waals surface area contributed by atoms with Gasteiger partial charge in [-0.3, -0.25) is 14.5 Å². The third-order valence-electron chi connectivity index (χ3n) is 7.08. The molecule has 4 atom stereocenters. The number of hydrogen-bond acceptors (Lipinski definition) is 6. The van der Waals surface area contributed by atoms with Gasteiger partial charge in [-0.15, -0.1) is 0 Å². The zero-order valence-corrected chi connectivity index (χ0v) is 21.2. The molecule has 2 heterocycles. The number of nitrogens with two attached hydrogens (primary N) is 1.